The van der Waals surface area contributed by atoms with Crippen LogP contribution in [0.2, 0.25) is 0 Å². The van der Waals surface area contributed by atoms with Gasteiger partial charge in [0.25, 0.3) is 11.5 Å². The maximum atomic E-state index is 12.3. The Morgan fingerprint density at radius 1 is 1.22 bits per heavy atom. The van der Waals surface area contributed by atoms with E-state index in [4.69, 9.17) is 9.26 Å². The lowest BCUT2D eigenvalue weighted by molar-refractivity contribution is 0.0950. The van der Waals surface area contributed by atoms with Crippen LogP contribution in [-0.4, -0.2) is 21.0 Å². The Bertz CT molecular complexity index is 1010. The number of aromatic nitrogens is 3. The molecule has 2 aromatic heterocycles. The van der Waals surface area contributed by atoms with Crippen molar-refractivity contribution in [1.29, 1.82) is 0 Å². The predicted molar refractivity (Wildman–Crippen MR) is 97.5 cm³/mol. The second-order valence-electron chi connectivity index (χ2n) is 6.17. The van der Waals surface area contributed by atoms with Crippen LogP contribution in [0.4, 0.5) is 0 Å². The quantitative estimate of drug-likeness (QED) is 0.690. The minimum Gasteiger partial charge on any atom is -0.485 e. The number of rotatable bonds is 6. The molecule has 0 aliphatic rings. The number of aromatic amines is 1. The number of nitrogens with one attached hydrogen (secondary N) is 2. The van der Waals surface area contributed by atoms with Gasteiger partial charge >= 0.3 is 0 Å². The molecule has 0 spiro atoms. The summed E-state index contributed by atoms with van der Waals surface area (Å²) in [5.41, 5.74) is 2.47. The van der Waals surface area contributed by atoms with Crippen LogP contribution in [-0.2, 0) is 13.2 Å². The molecule has 1 aromatic carbocycles. The standard InChI is InChI=1S/C19H20N4O4/c1-11-8-12(2)21-19(25)16(11)9-20-18(24)14-4-6-15(7-5-14)26-10-17-22-13(3)27-23-17/h4-8H,9-10H2,1-3H3,(H,20,24)(H,21,25). The van der Waals surface area contributed by atoms with Gasteiger partial charge in [-0.05, 0) is 49.7 Å². The molecule has 0 aliphatic heterocycles. The first-order valence-corrected chi connectivity index (χ1v) is 8.42. The van der Waals surface area contributed by atoms with Gasteiger partial charge in [-0.2, -0.15) is 4.98 Å². The maximum Gasteiger partial charge on any atom is 0.253 e. The van der Waals surface area contributed by atoms with Crippen molar-refractivity contribution in [2.45, 2.75) is 33.9 Å². The summed E-state index contributed by atoms with van der Waals surface area (Å²) in [6, 6.07) is 8.55. The first-order chi connectivity index (χ1) is 12.9. The molecule has 2 heterocycles. The molecule has 8 heteroatoms. The highest BCUT2D eigenvalue weighted by Crippen LogP contribution is 2.14. The van der Waals surface area contributed by atoms with E-state index in [1.54, 1.807) is 31.2 Å². The normalized spacial score (nSPS) is 10.6. The van der Waals surface area contributed by atoms with Crippen molar-refractivity contribution in [2.75, 3.05) is 0 Å². The highest BCUT2D eigenvalue weighted by Gasteiger charge is 2.10. The lowest BCUT2D eigenvalue weighted by atomic mass is 10.1. The molecule has 3 aromatic rings. The van der Waals surface area contributed by atoms with Gasteiger partial charge in [-0.3, -0.25) is 9.59 Å². The van der Waals surface area contributed by atoms with Gasteiger partial charge in [-0.25, -0.2) is 0 Å². The highest BCUT2D eigenvalue weighted by atomic mass is 16.5. The SMILES string of the molecule is Cc1cc(C)c(CNC(=O)c2ccc(OCc3noc(C)n3)cc2)c(=O)[nH]1. The number of benzene rings is 1. The number of pyridine rings is 1. The average Bonchev–Trinajstić information content (AvgIpc) is 3.04. The fourth-order valence-electron chi connectivity index (χ4n) is 2.62. The third-order valence-electron chi connectivity index (χ3n) is 3.97. The average molecular weight is 368 g/mol. The van der Waals surface area contributed by atoms with Crippen LogP contribution in [0, 0.1) is 20.8 Å². The Morgan fingerprint density at radius 3 is 2.59 bits per heavy atom. The molecular weight excluding hydrogens is 348 g/mol. The molecule has 0 radical (unpaired) electrons. The zero-order chi connectivity index (χ0) is 19.4. The molecule has 140 valence electrons. The van der Waals surface area contributed by atoms with Gasteiger partial charge in [-0.1, -0.05) is 5.16 Å². The van der Waals surface area contributed by atoms with E-state index >= 15 is 0 Å². The van der Waals surface area contributed by atoms with Crippen molar-refractivity contribution in [3.05, 3.63) is 74.8 Å². The summed E-state index contributed by atoms with van der Waals surface area (Å²) in [5.74, 6) is 1.24. The first-order valence-electron chi connectivity index (χ1n) is 8.42. The van der Waals surface area contributed by atoms with Gasteiger partial charge in [0.1, 0.15) is 5.75 Å². The van der Waals surface area contributed by atoms with Gasteiger partial charge in [0.15, 0.2) is 6.61 Å². The van der Waals surface area contributed by atoms with Crippen LogP contribution in [0.15, 0.2) is 39.6 Å². The van der Waals surface area contributed by atoms with Crippen LogP contribution in [0.1, 0.15) is 38.9 Å². The van der Waals surface area contributed by atoms with Crippen LogP contribution in [0.3, 0.4) is 0 Å². The minimum atomic E-state index is -0.269. The molecule has 2 N–H and O–H groups in total. The second-order valence-corrected chi connectivity index (χ2v) is 6.17. The predicted octanol–water partition coefficient (Wildman–Crippen LogP) is 2.19. The fourth-order valence-corrected chi connectivity index (χ4v) is 2.62. The number of hydrogen-bond acceptors (Lipinski definition) is 6. The molecule has 0 bridgehead atoms. The van der Waals surface area contributed by atoms with Crippen molar-refractivity contribution >= 4 is 5.91 Å². The molecule has 0 unspecified atom stereocenters. The maximum absolute atomic E-state index is 12.3. The minimum absolute atomic E-state index is 0.162. The molecule has 8 nitrogen and oxygen atoms in total. The summed E-state index contributed by atoms with van der Waals surface area (Å²) in [7, 11) is 0. The molecule has 0 fully saturated rings. The molecule has 3 rings (SSSR count). The van der Waals surface area contributed by atoms with Gasteiger partial charge in [0.2, 0.25) is 11.7 Å². The van der Waals surface area contributed by atoms with Gasteiger partial charge in [0, 0.05) is 30.3 Å². The molecule has 27 heavy (non-hydrogen) atoms. The highest BCUT2D eigenvalue weighted by molar-refractivity contribution is 5.94. The third kappa shape index (κ3) is 4.60. The summed E-state index contributed by atoms with van der Waals surface area (Å²) in [4.78, 5) is 31.1. The number of H-pyrrole nitrogens is 1. The topological polar surface area (TPSA) is 110 Å². The summed E-state index contributed by atoms with van der Waals surface area (Å²) in [6.07, 6.45) is 0. The molecule has 1 amide bonds. The largest absolute Gasteiger partial charge is 0.485 e. The summed E-state index contributed by atoms with van der Waals surface area (Å²) < 4.78 is 10.4. The van der Waals surface area contributed by atoms with E-state index in [0.717, 1.165) is 11.3 Å². The van der Waals surface area contributed by atoms with Gasteiger partial charge in [-0.15, -0.1) is 0 Å². The van der Waals surface area contributed by atoms with Crippen molar-refractivity contribution in [3.8, 4) is 5.75 Å². The Hall–Kier alpha value is -3.42. The van der Waals surface area contributed by atoms with Crippen molar-refractivity contribution in [1.82, 2.24) is 20.4 Å². The van der Waals surface area contributed by atoms with E-state index in [1.165, 1.54) is 0 Å². The smallest absolute Gasteiger partial charge is 0.253 e. The van der Waals surface area contributed by atoms with Crippen molar-refractivity contribution in [3.63, 3.8) is 0 Å². The summed E-state index contributed by atoms with van der Waals surface area (Å²) >= 11 is 0. The van der Waals surface area contributed by atoms with E-state index < -0.39 is 0 Å². The van der Waals surface area contributed by atoms with Crippen LogP contribution in [0.25, 0.3) is 0 Å². The Morgan fingerprint density at radius 2 is 1.96 bits per heavy atom. The molecule has 0 aliphatic carbocycles. The number of hydrogen-bond donors (Lipinski definition) is 2. The zero-order valence-electron chi connectivity index (χ0n) is 15.3. The number of aryl methyl sites for hydroxylation is 3. The van der Waals surface area contributed by atoms with E-state index in [-0.39, 0.29) is 24.6 Å². The summed E-state index contributed by atoms with van der Waals surface area (Å²) in [6.45, 7) is 5.71. The van der Waals surface area contributed by atoms with E-state index in [1.807, 2.05) is 19.9 Å². The Kier molecular flexibility index (Phi) is 5.35. The lowest BCUT2D eigenvalue weighted by Crippen LogP contribution is -2.27. The van der Waals surface area contributed by atoms with Gasteiger partial charge < -0.3 is 19.6 Å². The van der Waals surface area contributed by atoms with Crippen LogP contribution < -0.4 is 15.6 Å². The number of ether oxygens (including phenoxy) is 1. The number of nitrogens with zero attached hydrogens (tertiary/aromatic N) is 2. The molecular formula is C19H20N4O4. The second kappa shape index (κ2) is 7.86. The van der Waals surface area contributed by atoms with Crippen LogP contribution in [0.5, 0.6) is 5.75 Å². The van der Waals surface area contributed by atoms with E-state index in [2.05, 4.69) is 20.4 Å². The first kappa shape index (κ1) is 18.4. The third-order valence-corrected chi connectivity index (χ3v) is 3.97. The number of carbonyl (C=O) groups excluding carboxylic acids is 1. The molecule has 0 saturated carbocycles. The molecule has 0 atom stereocenters. The van der Waals surface area contributed by atoms with E-state index in [9.17, 15) is 9.59 Å². The number of carbonyl (C=O) groups is 1. The number of amides is 1. The van der Waals surface area contributed by atoms with Gasteiger partial charge in [0.05, 0.1) is 0 Å². The van der Waals surface area contributed by atoms with E-state index in [0.29, 0.717) is 28.6 Å². The molecule has 0 saturated heterocycles. The zero-order valence-corrected chi connectivity index (χ0v) is 15.3. The Balaban J connectivity index is 1.58. The van der Waals surface area contributed by atoms with Crippen molar-refractivity contribution in [2.24, 2.45) is 0 Å². The monoisotopic (exact) mass is 368 g/mol. The summed E-state index contributed by atoms with van der Waals surface area (Å²) in [5, 5.41) is 6.51. The van der Waals surface area contributed by atoms with Crippen molar-refractivity contribution < 1.29 is 14.1 Å². The Labute approximate surface area is 155 Å². The fraction of sp³-hybridized carbons (Fsp3) is 0.263. The van der Waals surface area contributed by atoms with Crippen LogP contribution >= 0.6 is 0 Å². The lowest BCUT2D eigenvalue weighted by Gasteiger charge is -2.09.